The molecule has 0 saturated heterocycles. The largest absolute Gasteiger partial charge is 0.0985 e. The van der Waals surface area contributed by atoms with Crippen LogP contribution in [-0.4, -0.2) is 0 Å². The van der Waals surface area contributed by atoms with Crippen LogP contribution in [0.5, 0.6) is 0 Å². The predicted molar refractivity (Wildman–Crippen MR) is 114 cm³/mol. The van der Waals surface area contributed by atoms with E-state index in [9.17, 15) is 0 Å². The van der Waals surface area contributed by atoms with Gasteiger partial charge >= 0.3 is 0 Å². The molecule has 0 aliphatic heterocycles. The number of hydrogen-bond acceptors (Lipinski definition) is 0. The molecule has 130 valence electrons. The minimum absolute atomic E-state index is 0.943. The van der Waals surface area contributed by atoms with E-state index in [0.29, 0.717) is 0 Å². The lowest BCUT2D eigenvalue weighted by Gasteiger charge is -2.15. The fourth-order valence-corrected chi connectivity index (χ4v) is 3.91. The van der Waals surface area contributed by atoms with Crippen LogP contribution in [0.1, 0.15) is 37.3 Å². The molecule has 0 N–H and O–H groups in total. The van der Waals surface area contributed by atoms with Crippen molar-refractivity contribution in [3.63, 3.8) is 0 Å². The normalized spacial score (nSPS) is 14.6. The monoisotopic (exact) mass is 338 g/mol. The molecule has 0 aromatic heterocycles. The Labute approximate surface area is 156 Å². The van der Waals surface area contributed by atoms with E-state index in [1.807, 2.05) is 6.08 Å². The molecule has 0 radical (unpaired) electrons. The Kier molecular flexibility index (Phi) is 4.75. The van der Waals surface area contributed by atoms with E-state index >= 15 is 0 Å². The number of fused-ring (bicyclic) bond motifs is 1. The highest BCUT2D eigenvalue weighted by atomic mass is 14.3. The second kappa shape index (κ2) is 7.33. The highest BCUT2D eigenvalue weighted by Crippen LogP contribution is 2.38. The maximum absolute atomic E-state index is 4.00. The molecule has 4 rings (SSSR count). The van der Waals surface area contributed by atoms with E-state index in [1.165, 1.54) is 57.9 Å². The van der Waals surface area contributed by atoms with Crippen LogP contribution < -0.4 is 0 Å². The Hall–Kier alpha value is -2.60. The molecule has 1 fully saturated rings. The van der Waals surface area contributed by atoms with Crippen molar-refractivity contribution in [3.8, 4) is 11.1 Å². The van der Waals surface area contributed by atoms with Crippen LogP contribution in [0.4, 0.5) is 0 Å². The molecule has 0 amide bonds. The summed E-state index contributed by atoms with van der Waals surface area (Å²) in [6, 6.07) is 22.2. The SMILES string of the molecule is C=C/C(=C\C)c1cc(CCC2CC2)c2c(-c3ccccc3)cccc2c1. The second-order valence-corrected chi connectivity index (χ2v) is 7.34. The first kappa shape index (κ1) is 16.8. The lowest BCUT2D eigenvalue weighted by atomic mass is 9.89. The number of allylic oxidation sites excluding steroid dienone is 3. The van der Waals surface area contributed by atoms with Gasteiger partial charge in [-0.2, -0.15) is 0 Å². The zero-order chi connectivity index (χ0) is 17.9. The van der Waals surface area contributed by atoms with Crippen LogP contribution in [0.2, 0.25) is 0 Å². The van der Waals surface area contributed by atoms with Crippen molar-refractivity contribution in [3.05, 3.63) is 90.5 Å². The van der Waals surface area contributed by atoms with Crippen LogP contribution in [-0.2, 0) is 6.42 Å². The molecule has 1 aliphatic carbocycles. The average Bonchev–Trinajstić information content (AvgIpc) is 3.52. The van der Waals surface area contributed by atoms with Gasteiger partial charge in [-0.3, -0.25) is 0 Å². The van der Waals surface area contributed by atoms with Gasteiger partial charge in [-0.25, -0.2) is 0 Å². The molecular weight excluding hydrogens is 312 g/mol. The van der Waals surface area contributed by atoms with Gasteiger partial charge in [0.25, 0.3) is 0 Å². The summed E-state index contributed by atoms with van der Waals surface area (Å²) in [5, 5.41) is 2.75. The summed E-state index contributed by atoms with van der Waals surface area (Å²) in [6.45, 7) is 6.09. The summed E-state index contributed by atoms with van der Waals surface area (Å²) >= 11 is 0. The fraction of sp³-hybridized carbons (Fsp3) is 0.231. The van der Waals surface area contributed by atoms with Gasteiger partial charge in [0.05, 0.1) is 0 Å². The molecule has 3 aromatic rings. The molecule has 0 unspecified atom stereocenters. The highest BCUT2D eigenvalue weighted by molar-refractivity contribution is 6.01. The molecule has 26 heavy (non-hydrogen) atoms. The zero-order valence-electron chi connectivity index (χ0n) is 15.5. The topological polar surface area (TPSA) is 0 Å². The lowest BCUT2D eigenvalue weighted by Crippen LogP contribution is -1.95. The van der Waals surface area contributed by atoms with Gasteiger partial charge in [-0.05, 0) is 70.3 Å². The van der Waals surface area contributed by atoms with Crippen LogP contribution in [0.3, 0.4) is 0 Å². The molecular formula is C26H26. The standard InChI is InChI=1S/C26H26/c1-3-20(4-2)24-17-22-11-8-12-25(21-9-6-5-7-10-21)26(22)23(18-24)16-15-19-13-14-19/h3-12,17-19H,1,13-16H2,2H3/b20-4+. The molecule has 0 heterocycles. The Bertz CT molecular complexity index is 956. The van der Waals surface area contributed by atoms with Crippen molar-refractivity contribution in [2.24, 2.45) is 5.92 Å². The van der Waals surface area contributed by atoms with E-state index in [1.54, 1.807) is 0 Å². The summed E-state index contributed by atoms with van der Waals surface area (Å²) in [5.74, 6) is 0.943. The Morgan fingerprint density at radius 3 is 2.54 bits per heavy atom. The van der Waals surface area contributed by atoms with Crippen molar-refractivity contribution in [2.75, 3.05) is 0 Å². The van der Waals surface area contributed by atoms with Crippen molar-refractivity contribution >= 4 is 16.3 Å². The average molecular weight is 338 g/mol. The maximum atomic E-state index is 4.00. The van der Waals surface area contributed by atoms with E-state index in [4.69, 9.17) is 0 Å². The molecule has 0 bridgehead atoms. The number of aryl methyl sites for hydroxylation is 1. The maximum Gasteiger partial charge on any atom is -0.00729 e. The Balaban J connectivity index is 1.92. The van der Waals surface area contributed by atoms with Gasteiger partial charge in [0.15, 0.2) is 0 Å². The molecule has 0 heteroatoms. The predicted octanol–water partition coefficient (Wildman–Crippen LogP) is 7.44. The number of benzene rings is 3. The fourth-order valence-electron chi connectivity index (χ4n) is 3.91. The summed E-state index contributed by atoms with van der Waals surface area (Å²) in [5.41, 5.74) is 6.62. The summed E-state index contributed by atoms with van der Waals surface area (Å²) in [6.07, 6.45) is 9.41. The van der Waals surface area contributed by atoms with Crippen LogP contribution in [0.15, 0.2) is 79.4 Å². The van der Waals surface area contributed by atoms with Crippen LogP contribution >= 0.6 is 0 Å². The van der Waals surface area contributed by atoms with Crippen LogP contribution in [0.25, 0.3) is 27.5 Å². The van der Waals surface area contributed by atoms with Gasteiger partial charge < -0.3 is 0 Å². The van der Waals surface area contributed by atoms with Crippen molar-refractivity contribution in [2.45, 2.75) is 32.6 Å². The quantitative estimate of drug-likeness (QED) is 0.410. The van der Waals surface area contributed by atoms with Crippen molar-refractivity contribution in [1.29, 1.82) is 0 Å². The van der Waals surface area contributed by atoms with Gasteiger partial charge in [0.1, 0.15) is 0 Å². The number of rotatable bonds is 6. The minimum Gasteiger partial charge on any atom is -0.0985 e. The first-order chi connectivity index (χ1) is 12.8. The third kappa shape index (κ3) is 3.37. The molecule has 1 aliphatic rings. The summed E-state index contributed by atoms with van der Waals surface area (Å²) in [4.78, 5) is 0. The van der Waals surface area contributed by atoms with E-state index in [2.05, 4.69) is 80.2 Å². The smallest absolute Gasteiger partial charge is 0.00729 e. The van der Waals surface area contributed by atoms with Crippen molar-refractivity contribution < 1.29 is 0 Å². The molecule has 0 atom stereocenters. The first-order valence-corrected chi connectivity index (χ1v) is 9.70. The van der Waals surface area contributed by atoms with Gasteiger partial charge in [-0.15, -0.1) is 0 Å². The Morgan fingerprint density at radius 1 is 1.04 bits per heavy atom. The molecule has 0 nitrogen and oxygen atoms in total. The van der Waals surface area contributed by atoms with Gasteiger partial charge in [0.2, 0.25) is 0 Å². The third-order valence-electron chi connectivity index (χ3n) is 5.53. The molecule has 1 saturated carbocycles. The summed E-state index contributed by atoms with van der Waals surface area (Å²) in [7, 11) is 0. The van der Waals surface area contributed by atoms with E-state index < -0.39 is 0 Å². The lowest BCUT2D eigenvalue weighted by molar-refractivity contribution is 0.729. The van der Waals surface area contributed by atoms with E-state index in [0.717, 1.165) is 12.3 Å². The molecule has 3 aromatic carbocycles. The van der Waals surface area contributed by atoms with Gasteiger partial charge in [0, 0.05) is 0 Å². The minimum atomic E-state index is 0.943. The zero-order valence-corrected chi connectivity index (χ0v) is 15.5. The van der Waals surface area contributed by atoms with Gasteiger partial charge in [-0.1, -0.05) is 86.2 Å². The highest BCUT2D eigenvalue weighted by Gasteiger charge is 2.21. The van der Waals surface area contributed by atoms with Crippen molar-refractivity contribution in [1.82, 2.24) is 0 Å². The Morgan fingerprint density at radius 2 is 1.85 bits per heavy atom. The summed E-state index contributed by atoms with van der Waals surface area (Å²) < 4.78 is 0. The number of hydrogen-bond donors (Lipinski definition) is 0. The van der Waals surface area contributed by atoms with E-state index in [-0.39, 0.29) is 0 Å². The first-order valence-electron chi connectivity index (χ1n) is 9.70. The molecule has 0 spiro atoms. The van der Waals surface area contributed by atoms with Crippen LogP contribution in [0, 0.1) is 5.92 Å². The third-order valence-corrected chi connectivity index (χ3v) is 5.53. The second-order valence-electron chi connectivity index (χ2n) is 7.34.